The number of hydrogen-bond acceptors (Lipinski definition) is 5. The highest BCUT2D eigenvalue weighted by atomic mass is 16.5. The average Bonchev–Trinajstić information content (AvgIpc) is 2.13. The van der Waals surface area contributed by atoms with Crippen LogP contribution in [0.2, 0.25) is 0 Å². The Hall–Kier alpha value is -1.11. The first kappa shape index (κ1) is 11.0. The maximum atomic E-state index is 10.7. The van der Waals surface area contributed by atoms with Crippen molar-refractivity contribution in [2.45, 2.75) is 19.1 Å². The maximum absolute atomic E-state index is 10.7. The lowest BCUT2D eigenvalue weighted by Gasteiger charge is -2.28. The van der Waals surface area contributed by atoms with Crippen LogP contribution < -0.4 is 5.32 Å². The molecule has 1 aliphatic heterocycles. The molecule has 80 valence electrons. The summed E-state index contributed by atoms with van der Waals surface area (Å²) >= 11 is 0. The third-order valence-corrected chi connectivity index (χ3v) is 1.89. The highest BCUT2D eigenvalue weighted by Gasteiger charge is 2.30. The largest absolute Gasteiger partial charge is 0.508 e. The fraction of sp³-hybridized carbons (Fsp3) is 0.625. The quantitative estimate of drug-likeness (QED) is 0.444. The average molecular weight is 203 g/mol. The van der Waals surface area contributed by atoms with Crippen molar-refractivity contribution in [1.82, 2.24) is 5.32 Å². The minimum Gasteiger partial charge on any atom is -0.508 e. The molecular weight excluding hydrogens is 190 g/mol. The van der Waals surface area contributed by atoms with E-state index in [9.17, 15) is 15.0 Å². The molecule has 0 aliphatic carbocycles. The van der Waals surface area contributed by atoms with Gasteiger partial charge in [-0.1, -0.05) is 0 Å². The second-order valence-corrected chi connectivity index (χ2v) is 3.02. The van der Waals surface area contributed by atoms with E-state index in [1.54, 1.807) is 0 Å². The van der Waals surface area contributed by atoms with Crippen molar-refractivity contribution < 1.29 is 24.9 Å². The molecule has 0 bridgehead atoms. The van der Waals surface area contributed by atoms with Gasteiger partial charge in [-0.05, 0) is 0 Å². The first-order valence-corrected chi connectivity index (χ1v) is 4.16. The fourth-order valence-corrected chi connectivity index (χ4v) is 1.18. The van der Waals surface area contributed by atoms with Crippen LogP contribution in [0.25, 0.3) is 0 Å². The minimum atomic E-state index is -1.30. The summed E-state index contributed by atoms with van der Waals surface area (Å²) in [5, 5.41) is 29.9. The molecule has 1 amide bonds. The highest BCUT2D eigenvalue weighted by Crippen LogP contribution is 2.17. The zero-order valence-corrected chi connectivity index (χ0v) is 7.73. The van der Waals surface area contributed by atoms with Crippen molar-refractivity contribution in [3.05, 3.63) is 11.5 Å². The molecule has 0 saturated carbocycles. The van der Waals surface area contributed by atoms with E-state index in [1.165, 1.54) is 6.92 Å². The van der Waals surface area contributed by atoms with Crippen LogP contribution in [0.4, 0.5) is 0 Å². The van der Waals surface area contributed by atoms with E-state index in [2.05, 4.69) is 5.32 Å². The van der Waals surface area contributed by atoms with Gasteiger partial charge in [-0.25, -0.2) is 0 Å². The SMILES string of the molecule is CC(=O)NC1=C(O)[C@H](O)[C@@H](CO)OC1. The summed E-state index contributed by atoms with van der Waals surface area (Å²) in [7, 11) is 0. The van der Waals surface area contributed by atoms with Gasteiger partial charge in [0.15, 0.2) is 0 Å². The molecule has 6 heteroatoms. The van der Waals surface area contributed by atoms with Crippen molar-refractivity contribution in [2.24, 2.45) is 0 Å². The Labute approximate surface area is 80.8 Å². The molecule has 0 saturated heterocycles. The number of carbonyl (C=O) groups excluding carboxylic acids is 1. The van der Waals surface area contributed by atoms with E-state index in [0.717, 1.165) is 0 Å². The maximum Gasteiger partial charge on any atom is 0.221 e. The predicted octanol–water partition coefficient (Wildman–Crippen LogP) is -1.36. The Balaban J connectivity index is 2.76. The van der Waals surface area contributed by atoms with Crippen LogP contribution in [0.5, 0.6) is 0 Å². The molecule has 0 spiro atoms. The normalized spacial score (nSPS) is 27.6. The van der Waals surface area contributed by atoms with Gasteiger partial charge in [-0.15, -0.1) is 0 Å². The lowest BCUT2D eigenvalue weighted by molar-refractivity contribution is -0.119. The number of ether oxygens (including phenoxy) is 1. The third kappa shape index (κ3) is 2.22. The summed E-state index contributed by atoms with van der Waals surface area (Å²) in [4.78, 5) is 10.7. The molecule has 0 unspecified atom stereocenters. The Morgan fingerprint density at radius 3 is 2.86 bits per heavy atom. The van der Waals surface area contributed by atoms with E-state index in [0.29, 0.717) is 0 Å². The van der Waals surface area contributed by atoms with Crippen LogP contribution >= 0.6 is 0 Å². The molecule has 4 N–H and O–H groups in total. The summed E-state index contributed by atoms with van der Waals surface area (Å²) < 4.78 is 4.99. The summed E-state index contributed by atoms with van der Waals surface area (Å²) in [5.74, 6) is -0.713. The number of rotatable bonds is 2. The van der Waals surface area contributed by atoms with E-state index >= 15 is 0 Å². The Kier molecular flexibility index (Phi) is 3.45. The Morgan fingerprint density at radius 2 is 2.36 bits per heavy atom. The molecule has 1 heterocycles. The molecular formula is C8H13NO5. The molecule has 2 atom stereocenters. The van der Waals surface area contributed by atoms with Gasteiger partial charge in [-0.2, -0.15) is 0 Å². The van der Waals surface area contributed by atoms with Gasteiger partial charge in [0.1, 0.15) is 18.0 Å². The third-order valence-electron chi connectivity index (χ3n) is 1.89. The molecule has 0 aromatic heterocycles. The molecule has 0 radical (unpaired) electrons. The summed E-state index contributed by atoms with van der Waals surface area (Å²) in [5.41, 5.74) is 0.134. The van der Waals surface area contributed by atoms with Crippen molar-refractivity contribution in [2.75, 3.05) is 13.2 Å². The van der Waals surface area contributed by atoms with Crippen LogP contribution in [0.1, 0.15) is 6.92 Å². The summed E-state index contributed by atoms with van der Waals surface area (Å²) in [6.07, 6.45) is -2.14. The first-order valence-electron chi connectivity index (χ1n) is 4.16. The van der Waals surface area contributed by atoms with E-state index < -0.39 is 18.8 Å². The zero-order chi connectivity index (χ0) is 10.7. The fourth-order valence-electron chi connectivity index (χ4n) is 1.18. The van der Waals surface area contributed by atoms with Crippen LogP contribution in [-0.2, 0) is 9.53 Å². The predicted molar refractivity (Wildman–Crippen MR) is 46.3 cm³/mol. The van der Waals surface area contributed by atoms with Gasteiger partial charge in [0, 0.05) is 6.92 Å². The highest BCUT2D eigenvalue weighted by molar-refractivity contribution is 5.75. The number of carbonyl (C=O) groups is 1. The lowest BCUT2D eigenvalue weighted by Crippen LogP contribution is -2.42. The van der Waals surface area contributed by atoms with Gasteiger partial charge < -0.3 is 25.4 Å². The number of amides is 1. The number of aliphatic hydroxyl groups is 3. The molecule has 0 fully saturated rings. The topological polar surface area (TPSA) is 99.0 Å². The van der Waals surface area contributed by atoms with Crippen molar-refractivity contribution in [1.29, 1.82) is 0 Å². The summed E-state index contributed by atoms with van der Waals surface area (Å²) in [6.45, 7) is 0.858. The van der Waals surface area contributed by atoms with Gasteiger partial charge in [-0.3, -0.25) is 4.79 Å². The lowest BCUT2D eigenvalue weighted by atomic mass is 10.1. The number of nitrogens with one attached hydrogen (secondary N) is 1. The molecule has 0 aromatic rings. The number of aliphatic hydroxyl groups excluding tert-OH is 3. The molecule has 6 nitrogen and oxygen atoms in total. The monoisotopic (exact) mass is 203 g/mol. The molecule has 0 aromatic carbocycles. The van der Waals surface area contributed by atoms with E-state index in [1.807, 2.05) is 0 Å². The van der Waals surface area contributed by atoms with Gasteiger partial charge >= 0.3 is 0 Å². The minimum absolute atomic E-state index is 0.0340. The number of hydrogen-bond donors (Lipinski definition) is 4. The van der Waals surface area contributed by atoms with Crippen LogP contribution in [-0.4, -0.2) is 46.6 Å². The molecule has 14 heavy (non-hydrogen) atoms. The molecule has 1 aliphatic rings. The first-order chi connectivity index (χ1) is 6.56. The zero-order valence-electron chi connectivity index (χ0n) is 7.73. The van der Waals surface area contributed by atoms with E-state index in [4.69, 9.17) is 9.84 Å². The Morgan fingerprint density at radius 1 is 1.71 bits per heavy atom. The van der Waals surface area contributed by atoms with Crippen molar-refractivity contribution in [3.8, 4) is 0 Å². The van der Waals surface area contributed by atoms with Gasteiger partial charge in [0.2, 0.25) is 5.91 Å². The van der Waals surface area contributed by atoms with Crippen LogP contribution in [0, 0.1) is 0 Å². The van der Waals surface area contributed by atoms with Crippen molar-refractivity contribution in [3.63, 3.8) is 0 Å². The van der Waals surface area contributed by atoms with Gasteiger partial charge in [0.25, 0.3) is 0 Å². The van der Waals surface area contributed by atoms with E-state index in [-0.39, 0.29) is 24.0 Å². The van der Waals surface area contributed by atoms with Gasteiger partial charge in [0.05, 0.1) is 18.9 Å². The van der Waals surface area contributed by atoms with Crippen LogP contribution in [0.3, 0.4) is 0 Å². The smallest absolute Gasteiger partial charge is 0.221 e. The second kappa shape index (κ2) is 4.41. The van der Waals surface area contributed by atoms with Crippen molar-refractivity contribution >= 4 is 5.91 Å². The Bertz CT molecular complexity index is 262. The summed E-state index contributed by atoms with van der Waals surface area (Å²) in [6, 6.07) is 0. The second-order valence-electron chi connectivity index (χ2n) is 3.02. The molecule has 1 rings (SSSR count). The standard InChI is InChI=1S/C8H13NO5/c1-4(11)9-5-3-14-6(2-10)8(13)7(5)12/h6,8,10,12-13H,2-3H2,1H3,(H,9,11)/t6-,8-/m1/s1. The van der Waals surface area contributed by atoms with Crippen LogP contribution in [0.15, 0.2) is 11.5 Å².